The van der Waals surface area contributed by atoms with E-state index in [1.807, 2.05) is 0 Å². The van der Waals surface area contributed by atoms with E-state index in [9.17, 15) is 13.2 Å². The molecule has 0 aliphatic carbocycles. The van der Waals surface area contributed by atoms with Gasteiger partial charge in [-0.15, -0.1) is 0 Å². The van der Waals surface area contributed by atoms with Gasteiger partial charge in [0.15, 0.2) is 0 Å². The van der Waals surface area contributed by atoms with E-state index in [1.165, 1.54) is 6.20 Å². The molecule has 1 aliphatic heterocycles. The van der Waals surface area contributed by atoms with Gasteiger partial charge in [0, 0.05) is 49.7 Å². The van der Waals surface area contributed by atoms with E-state index in [2.05, 4.69) is 27.1 Å². The van der Waals surface area contributed by atoms with Crippen LogP contribution in [0.3, 0.4) is 0 Å². The summed E-state index contributed by atoms with van der Waals surface area (Å²) in [6.07, 6.45) is -3.19. The standard InChI is InChI=1S/C12H17F3N4/c1-8-6-19(4-3-16-8)7-10-5-17-11(12(13,14)15)18-9(10)2/h5,8,16H,3-4,6-7H2,1-2H3/t8-/m1/s1. The predicted octanol–water partition coefficient (Wildman–Crippen LogP) is 1.60. The second-order valence-corrected chi connectivity index (χ2v) is 4.89. The van der Waals surface area contributed by atoms with E-state index < -0.39 is 12.0 Å². The molecule has 0 bridgehead atoms. The first-order valence-electron chi connectivity index (χ1n) is 6.21. The number of nitrogens with zero attached hydrogens (tertiary/aromatic N) is 3. The molecular formula is C12H17F3N4. The highest BCUT2D eigenvalue weighted by Crippen LogP contribution is 2.26. The quantitative estimate of drug-likeness (QED) is 0.889. The second kappa shape index (κ2) is 5.42. The Morgan fingerprint density at radius 3 is 2.79 bits per heavy atom. The monoisotopic (exact) mass is 274 g/mol. The first-order valence-corrected chi connectivity index (χ1v) is 6.21. The van der Waals surface area contributed by atoms with Crippen molar-refractivity contribution in [1.29, 1.82) is 0 Å². The molecule has 0 saturated carbocycles. The minimum absolute atomic E-state index is 0.393. The lowest BCUT2D eigenvalue weighted by Gasteiger charge is -2.31. The van der Waals surface area contributed by atoms with Crippen LogP contribution >= 0.6 is 0 Å². The van der Waals surface area contributed by atoms with Crippen molar-refractivity contribution in [2.24, 2.45) is 0 Å². The summed E-state index contributed by atoms with van der Waals surface area (Å²) in [5, 5.41) is 3.32. The van der Waals surface area contributed by atoms with Crippen LogP contribution in [0.15, 0.2) is 6.20 Å². The van der Waals surface area contributed by atoms with Crippen molar-refractivity contribution in [2.45, 2.75) is 32.6 Å². The van der Waals surface area contributed by atoms with Crippen molar-refractivity contribution in [3.05, 3.63) is 23.3 Å². The Morgan fingerprint density at radius 2 is 2.21 bits per heavy atom. The van der Waals surface area contributed by atoms with Crippen LogP contribution in [0.1, 0.15) is 24.0 Å². The van der Waals surface area contributed by atoms with Crippen molar-refractivity contribution >= 4 is 0 Å². The highest BCUT2D eigenvalue weighted by atomic mass is 19.4. The summed E-state index contributed by atoms with van der Waals surface area (Å²) in [6, 6.07) is 0.393. The van der Waals surface area contributed by atoms with Crippen LogP contribution in [0.4, 0.5) is 13.2 Å². The average Bonchev–Trinajstić information content (AvgIpc) is 2.30. The van der Waals surface area contributed by atoms with Gasteiger partial charge < -0.3 is 5.32 Å². The highest BCUT2D eigenvalue weighted by molar-refractivity contribution is 5.17. The topological polar surface area (TPSA) is 41.1 Å². The molecule has 0 unspecified atom stereocenters. The summed E-state index contributed by atoms with van der Waals surface area (Å²) in [5.74, 6) is -1.07. The zero-order chi connectivity index (χ0) is 14.0. The smallest absolute Gasteiger partial charge is 0.312 e. The number of piperazine rings is 1. The number of aryl methyl sites for hydroxylation is 1. The van der Waals surface area contributed by atoms with Gasteiger partial charge in [0.2, 0.25) is 5.82 Å². The van der Waals surface area contributed by atoms with E-state index >= 15 is 0 Å². The maximum atomic E-state index is 12.5. The highest BCUT2D eigenvalue weighted by Gasteiger charge is 2.34. The van der Waals surface area contributed by atoms with Crippen molar-refractivity contribution in [3.8, 4) is 0 Å². The first-order chi connectivity index (χ1) is 8.86. The molecule has 1 saturated heterocycles. The van der Waals surface area contributed by atoms with Crippen LogP contribution in [0, 0.1) is 6.92 Å². The lowest BCUT2D eigenvalue weighted by atomic mass is 10.2. The molecule has 19 heavy (non-hydrogen) atoms. The van der Waals surface area contributed by atoms with Gasteiger partial charge >= 0.3 is 6.18 Å². The lowest BCUT2D eigenvalue weighted by molar-refractivity contribution is -0.145. The molecule has 1 aromatic heterocycles. The molecule has 0 radical (unpaired) electrons. The molecule has 0 amide bonds. The van der Waals surface area contributed by atoms with Gasteiger partial charge in [-0.25, -0.2) is 9.97 Å². The third-order valence-electron chi connectivity index (χ3n) is 3.18. The van der Waals surface area contributed by atoms with E-state index in [1.54, 1.807) is 6.92 Å². The number of halogens is 3. The fourth-order valence-electron chi connectivity index (χ4n) is 2.18. The van der Waals surface area contributed by atoms with Gasteiger partial charge in [-0.3, -0.25) is 4.90 Å². The minimum atomic E-state index is -4.48. The Balaban J connectivity index is 2.09. The molecule has 0 aromatic carbocycles. The Hall–Kier alpha value is -1.21. The van der Waals surface area contributed by atoms with Gasteiger partial charge in [0.05, 0.1) is 0 Å². The number of aromatic nitrogens is 2. The van der Waals surface area contributed by atoms with Crippen molar-refractivity contribution in [2.75, 3.05) is 19.6 Å². The Labute approximate surface area is 110 Å². The van der Waals surface area contributed by atoms with Crippen LogP contribution < -0.4 is 5.32 Å². The van der Waals surface area contributed by atoms with E-state index in [-0.39, 0.29) is 0 Å². The molecule has 1 aromatic rings. The molecule has 1 atom stereocenters. The predicted molar refractivity (Wildman–Crippen MR) is 64.5 cm³/mol. The van der Waals surface area contributed by atoms with Gasteiger partial charge in [-0.05, 0) is 13.8 Å². The molecule has 2 rings (SSSR count). The molecule has 1 aliphatic rings. The number of nitrogens with one attached hydrogen (secondary N) is 1. The fourth-order valence-corrected chi connectivity index (χ4v) is 2.18. The Kier molecular flexibility index (Phi) is 4.05. The van der Waals surface area contributed by atoms with Gasteiger partial charge in [-0.2, -0.15) is 13.2 Å². The van der Waals surface area contributed by atoms with Gasteiger partial charge in [0.1, 0.15) is 0 Å². The molecule has 2 heterocycles. The van der Waals surface area contributed by atoms with Crippen LogP contribution in [-0.2, 0) is 12.7 Å². The van der Waals surface area contributed by atoms with Crippen molar-refractivity contribution in [3.63, 3.8) is 0 Å². The summed E-state index contributed by atoms with van der Waals surface area (Å²) in [4.78, 5) is 9.16. The zero-order valence-corrected chi connectivity index (χ0v) is 11.0. The second-order valence-electron chi connectivity index (χ2n) is 4.89. The van der Waals surface area contributed by atoms with Gasteiger partial charge in [-0.1, -0.05) is 0 Å². The first kappa shape index (κ1) is 14.2. The molecule has 1 fully saturated rings. The fraction of sp³-hybridized carbons (Fsp3) is 0.667. The summed E-state index contributed by atoms with van der Waals surface area (Å²) < 4.78 is 37.4. The number of alkyl halides is 3. The SMILES string of the molecule is Cc1nc(C(F)(F)F)ncc1CN1CCN[C@H](C)C1. The molecular weight excluding hydrogens is 257 g/mol. The van der Waals surface area contributed by atoms with Crippen LogP contribution in [0.2, 0.25) is 0 Å². The van der Waals surface area contributed by atoms with E-state index in [0.29, 0.717) is 18.3 Å². The largest absolute Gasteiger partial charge is 0.451 e. The lowest BCUT2D eigenvalue weighted by Crippen LogP contribution is -2.48. The molecule has 4 nitrogen and oxygen atoms in total. The molecule has 0 spiro atoms. The molecule has 106 valence electrons. The third kappa shape index (κ3) is 3.63. The summed E-state index contributed by atoms with van der Waals surface area (Å²) in [5.41, 5.74) is 1.15. The summed E-state index contributed by atoms with van der Waals surface area (Å²) in [6.45, 7) is 6.92. The maximum absolute atomic E-state index is 12.5. The zero-order valence-electron chi connectivity index (χ0n) is 11.0. The number of hydrogen-bond donors (Lipinski definition) is 1. The maximum Gasteiger partial charge on any atom is 0.451 e. The van der Waals surface area contributed by atoms with E-state index in [0.717, 1.165) is 25.2 Å². The van der Waals surface area contributed by atoms with Crippen molar-refractivity contribution in [1.82, 2.24) is 20.2 Å². The van der Waals surface area contributed by atoms with Crippen LogP contribution in [0.5, 0.6) is 0 Å². The number of rotatable bonds is 2. The summed E-state index contributed by atoms with van der Waals surface area (Å²) >= 11 is 0. The van der Waals surface area contributed by atoms with Crippen molar-refractivity contribution < 1.29 is 13.2 Å². The molecule has 1 N–H and O–H groups in total. The Morgan fingerprint density at radius 1 is 1.47 bits per heavy atom. The molecule has 7 heteroatoms. The van der Waals surface area contributed by atoms with Crippen LogP contribution in [0.25, 0.3) is 0 Å². The third-order valence-corrected chi connectivity index (χ3v) is 3.18. The minimum Gasteiger partial charge on any atom is -0.312 e. The van der Waals surface area contributed by atoms with E-state index in [4.69, 9.17) is 0 Å². The van der Waals surface area contributed by atoms with Gasteiger partial charge in [0.25, 0.3) is 0 Å². The Bertz CT molecular complexity index is 447. The average molecular weight is 274 g/mol. The normalized spacial score (nSPS) is 21.6. The number of hydrogen-bond acceptors (Lipinski definition) is 4. The van der Waals surface area contributed by atoms with Crippen LogP contribution in [-0.4, -0.2) is 40.5 Å². The summed E-state index contributed by atoms with van der Waals surface area (Å²) in [7, 11) is 0.